The zero-order valence-corrected chi connectivity index (χ0v) is 11.5. The highest BCUT2D eigenvalue weighted by atomic mass is 127. The lowest BCUT2D eigenvalue weighted by molar-refractivity contribution is -0.386. The van der Waals surface area contributed by atoms with Gasteiger partial charge in [-0.1, -0.05) is 15.9 Å². The predicted molar refractivity (Wildman–Crippen MR) is 62.9 cm³/mol. The number of pyridine rings is 1. The van der Waals surface area contributed by atoms with E-state index in [-0.39, 0.29) is 20.3 Å². The Hall–Kier alpha value is -0.650. The van der Waals surface area contributed by atoms with Gasteiger partial charge in [-0.25, -0.2) is 0 Å². The molecule has 0 spiro atoms. The summed E-state index contributed by atoms with van der Waals surface area (Å²) in [7, 11) is 0. The first kappa shape index (κ1) is 14.4. The summed E-state index contributed by atoms with van der Waals surface area (Å²) in [6.45, 7) is 0. The van der Waals surface area contributed by atoms with Crippen LogP contribution < -0.4 is 4.74 Å². The van der Waals surface area contributed by atoms with E-state index in [0.717, 1.165) is 6.07 Å². The summed E-state index contributed by atoms with van der Waals surface area (Å²) in [4.78, 5) is 13.3. The molecule has 0 aliphatic carbocycles. The number of halogens is 5. The van der Waals surface area contributed by atoms with Gasteiger partial charge in [0.05, 0.1) is 4.92 Å². The van der Waals surface area contributed by atoms with Crippen molar-refractivity contribution in [2.45, 2.75) is 11.7 Å². The lowest BCUT2D eigenvalue weighted by Crippen LogP contribution is -2.18. The van der Waals surface area contributed by atoms with Crippen molar-refractivity contribution in [2.24, 2.45) is 0 Å². The van der Waals surface area contributed by atoms with Gasteiger partial charge in [0, 0.05) is 17.0 Å². The molecule has 10 heteroatoms. The van der Waals surface area contributed by atoms with Crippen molar-refractivity contribution in [3.8, 4) is 5.88 Å². The maximum Gasteiger partial charge on any atom is 0.574 e. The molecule has 0 saturated heterocycles. The van der Waals surface area contributed by atoms with Crippen LogP contribution in [0.3, 0.4) is 0 Å². The third kappa shape index (κ3) is 3.94. The number of ether oxygens (including phenoxy) is 1. The fourth-order valence-electron chi connectivity index (χ4n) is 0.997. The maximum absolute atomic E-state index is 12.0. The standard InChI is InChI=1S/C7H3BrF3IN2O3/c8-2-3-1-4(17-7(9,10)11)13-6(12)5(3)14(15)16/h1H,2H2. The molecule has 1 rings (SSSR count). The fourth-order valence-corrected chi connectivity index (χ4v) is 2.21. The first-order chi connectivity index (χ1) is 7.74. The Labute approximate surface area is 115 Å². The number of alkyl halides is 4. The summed E-state index contributed by atoms with van der Waals surface area (Å²) < 4.78 is 39.3. The van der Waals surface area contributed by atoms with E-state index in [0.29, 0.717) is 0 Å². The molecule has 1 aromatic heterocycles. The van der Waals surface area contributed by atoms with Gasteiger partial charge < -0.3 is 4.74 Å². The molecule has 0 bridgehead atoms. The summed E-state index contributed by atoms with van der Waals surface area (Å²) in [5.74, 6) is -0.720. The molecule has 0 amide bonds. The number of rotatable bonds is 3. The molecule has 94 valence electrons. The Balaban J connectivity index is 3.23. The normalized spacial score (nSPS) is 11.4. The van der Waals surface area contributed by atoms with Crippen LogP contribution in [-0.2, 0) is 5.33 Å². The highest BCUT2D eigenvalue weighted by molar-refractivity contribution is 14.1. The zero-order valence-electron chi connectivity index (χ0n) is 7.79. The second kappa shape index (κ2) is 5.33. The van der Waals surface area contributed by atoms with Gasteiger partial charge in [-0.05, 0) is 22.6 Å². The molecule has 0 aromatic carbocycles. The molecule has 0 unspecified atom stereocenters. The van der Waals surface area contributed by atoms with E-state index >= 15 is 0 Å². The van der Waals surface area contributed by atoms with Crippen molar-refractivity contribution in [1.29, 1.82) is 0 Å². The average molecular weight is 427 g/mol. The largest absolute Gasteiger partial charge is 0.574 e. The zero-order chi connectivity index (χ0) is 13.2. The van der Waals surface area contributed by atoms with Crippen LogP contribution in [0.15, 0.2) is 6.07 Å². The van der Waals surface area contributed by atoms with Gasteiger partial charge in [-0.15, -0.1) is 13.2 Å². The smallest absolute Gasteiger partial charge is 0.388 e. The summed E-state index contributed by atoms with van der Waals surface area (Å²) in [5, 5.41) is 10.7. The van der Waals surface area contributed by atoms with Gasteiger partial charge in [0.1, 0.15) is 0 Å². The summed E-state index contributed by atoms with van der Waals surface area (Å²) in [5.41, 5.74) is -0.273. The average Bonchev–Trinajstić information content (AvgIpc) is 2.12. The monoisotopic (exact) mass is 426 g/mol. The van der Waals surface area contributed by atoms with Crippen LogP contribution in [0.4, 0.5) is 18.9 Å². The Kier molecular flexibility index (Phi) is 4.52. The second-order valence-corrected chi connectivity index (χ2v) is 4.28. The van der Waals surface area contributed by atoms with E-state index in [1.54, 1.807) is 0 Å². The molecule has 0 aliphatic heterocycles. The quantitative estimate of drug-likeness (QED) is 0.244. The summed E-state index contributed by atoms with van der Waals surface area (Å²) >= 11 is 4.43. The molecule has 0 aliphatic rings. The van der Waals surface area contributed by atoms with E-state index in [2.05, 4.69) is 25.7 Å². The summed E-state index contributed by atoms with van der Waals surface area (Å²) in [6.07, 6.45) is -4.88. The van der Waals surface area contributed by atoms with E-state index in [4.69, 9.17) is 0 Å². The van der Waals surface area contributed by atoms with Crippen LogP contribution in [0.2, 0.25) is 0 Å². The highest BCUT2D eigenvalue weighted by Crippen LogP contribution is 2.31. The Morgan fingerprint density at radius 2 is 2.18 bits per heavy atom. The highest BCUT2D eigenvalue weighted by Gasteiger charge is 2.33. The van der Waals surface area contributed by atoms with Gasteiger partial charge in [0.2, 0.25) is 5.88 Å². The lowest BCUT2D eigenvalue weighted by Gasteiger charge is -2.09. The van der Waals surface area contributed by atoms with Gasteiger partial charge >= 0.3 is 12.0 Å². The van der Waals surface area contributed by atoms with Crippen LogP contribution >= 0.6 is 38.5 Å². The maximum atomic E-state index is 12.0. The molecule has 0 N–H and O–H groups in total. The van der Waals surface area contributed by atoms with E-state index in [1.165, 1.54) is 22.6 Å². The van der Waals surface area contributed by atoms with Crippen LogP contribution in [0.5, 0.6) is 5.88 Å². The van der Waals surface area contributed by atoms with E-state index < -0.39 is 17.2 Å². The Morgan fingerprint density at radius 1 is 1.59 bits per heavy atom. The summed E-state index contributed by atoms with van der Waals surface area (Å²) in [6, 6.07) is 0.878. The topological polar surface area (TPSA) is 65.3 Å². The van der Waals surface area contributed by atoms with Crippen LogP contribution in [0.1, 0.15) is 5.56 Å². The molecule has 5 nitrogen and oxygen atoms in total. The third-order valence-electron chi connectivity index (χ3n) is 1.55. The number of nitro groups is 1. The number of hydrogen-bond donors (Lipinski definition) is 0. The van der Waals surface area contributed by atoms with Crippen molar-refractivity contribution in [3.05, 3.63) is 25.4 Å². The predicted octanol–water partition coefficient (Wildman–Crippen LogP) is 3.39. The van der Waals surface area contributed by atoms with Crippen molar-refractivity contribution >= 4 is 44.2 Å². The molecule has 0 fully saturated rings. The lowest BCUT2D eigenvalue weighted by atomic mass is 10.2. The van der Waals surface area contributed by atoms with Crippen LogP contribution in [0.25, 0.3) is 0 Å². The molecule has 1 aromatic rings. The molecular weight excluding hydrogens is 424 g/mol. The first-order valence-corrected chi connectivity index (χ1v) is 6.10. The van der Waals surface area contributed by atoms with Gasteiger partial charge in [0.15, 0.2) is 3.70 Å². The van der Waals surface area contributed by atoms with Crippen molar-refractivity contribution in [3.63, 3.8) is 0 Å². The fraction of sp³-hybridized carbons (Fsp3) is 0.286. The number of nitrogens with zero attached hydrogens (tertiary/aromatic N) is 2. The third-order valence-corrected chi connectivity index (χ3v) is 2.91. The minimum absolute atomic E-state index is 0.0239. The van der Waals surface area contributed by atoms with Gasteiger partial charge in [-0.2, -0.15) is 4.98 Å². The molecule has 17 heavy (non-hydrogen) atoms. The van der Waals surface area contributed by atoms with E-state index in [9.17, 15) is 23.3 Å². The number of aromatic nitrogens is 1. The minimum Gasteiger partial charge on any atom is -0.388 e. The molecule has 1 heterocycles. The van der Waals surface area contributed by atoms with Gasteiger partial charge in [-0.3, -0.25) is 10.1 Å². The first-order valence-electron chi connectivity index (χ1n) is 3.90. The SMILES string of the molecule is O=[N+]([O-])c1c(CBr)cc(OC(F)(F)F)nc1I. The van der Waals surface area contributed by atoms with Crippen molar-refractivity contribution in [1.82, 2.24) is 4.98 Å². The number of hydrogen-bond acceptors (Lipinski definition) is 4. The van der Waals surface area contributed by atoms with Crippen LogP contribution in [-0.4, -0.2) is 16.3 Å². The molecule has 0 saturated carbocycles. The van der Waals surface area contributed by atoms with E-state index in [1.807, 2.05) is 0 Å². The second-order valence-electron chi connectivity index (χ2n) is 2.70. The Morgan fingerprint density at radius 3 is 2.59 bits per heavy atom. The molecule has 0 atom stereocenters. The van der Waals surface area contributed by atoms with Gasteiger partial charge in [0.25, 0.3) is 0 Å². The molecule has 0 radical (unpaired) electrons. The molecular formula is C7H3BrF3IN2O3. The van der Waals surface area contributed by atoms with Crippen LogP contribution in [0, 0.1) is 13.8 Å². The van der Waals surface area contributed by atoms with Crippen molar-refractivity contribution < 1.29 is 22.8 Å². The van der Waals surface area contributed by atoms with Crippen molar-refractivity contribution in [2.75, 3.05) is 0 Å². The minimum atomic E-state index is -4.88. The Bertz CT molecular complexity index is 455.